The SMILES string of the molecule is OC(C1CCOC1)C1CCOC2(CCOCC2)C1. The third kappa shape index (κ3) is 2.57. The van der Waals surface area contributed by atoms with Crippen LogP contribution in [0.2, 0.25) is 0 Å². The highest BCUT2D eigenvalue weighted by Crippen LogP contribution is 2.40. The Kier molecular flexibility index (Phi) is 3.89. The molecule has 0 amide bonds. The zero-order valence-electron chi connectivity index (χ0n) is 11.0. The predicted octanol–water partition coefficient (Wildman–Crippen LogP) is 1.36. The van der Waals surface area contributed by atoms with Crippen molar-refractivity contribution in [2.24, 2.45) is 11.8 Å². The maximum absolute atomic E-state index is 10.5. The van der Waals surface area contributed by atoms with Crippen LogP contribution in [0.15, 0.2) is 0 Å². The Morgan fingerprint density at radius 3 is 2.44 bits per heavy atom. The Balaban J connectivity index is 1.62. The van der Waals surface area contributed by atoms with Crippen LogP contribution in [0.3, 0.4) is 0 Å². The molecule has 3 aliphatic heterocycles. The van der Waals surface area contributed by atoms with E-state index in [2.05, 4.69) is 0 Å². The first-order chi connectivity index (χ1) is 8.79. The summed E-state index contributed by atoms with van der Waals surface area (Å²) in [6, 6.07) is 0. The number of hydrogen-bond donors (Lipinski definition) is 1. The molecule has 3 heterocycles. The van der Waals surface area contributed by atoms with Gasteiger partial charge in [-0.05, 0) is 38.0 Å². The average Bonchev–Trinajstić information content (AvgIpc) is 2.93. The molecule has 0 saturated carbocycles. The smallest absolute Gasteiger partial charge is 0.0730 e. The fraction of sp³-hybridized carbons (Fsp3) is 1.00. The normalized spacial score (nSPS) is 37.8. The van der Waals surface area contributed by atoms with E-state index in [-0.39, 0.29) is 11.7 Å². The van der Waals surface area contributed by atoms with Gasteiger partial charge in [0.1, 0.15) is 0 Å². The van der Waals surface area contributed by atoms with Gasteiger partial charge in [0.2, 0.25) is 0 Å². The van der Waals surface area contributed by atoms with E-state index in [1.54, 1.807) is 0 Å². The number of rotatable bonds is 2. The van der Waals surface area contributed by atoms with Gasteiger partial charge in [-0.3, -0.25) is 0 Å². The minimum Gasteiger partial charge on any atom is -0.392 e. The highest BCUT2D eigenvalue weighted by molar-refractivity contribution is 4.92. The molecule has 3 atom stereocenters. The summed E-state index contributed by atoms with van der Waals surface area (Å²) < 4.78 is 16.9. The first-order valence-corrected chi connectivity index (χ1v) is 7.27. The molecule has 0 aliphatic carbocycles. The standard InChI is InChI=1S/C14H24O4/c15-13(12-1-5-17-10-12)11-2-6-18-14(9-11)3-7-16-8-4-14/h11-13,15H,1-10H2. The van der Waals surface area contributed by atoms with Gasteiger partial charge < -0.3 is 19.3 Å². The molecule has 3 fully saturated rings. The Labute approximate surface area is 109 Å². The van der Waals surface area contributed by atoms with E-state index in [0.717, 1.165) is 65.1 Å². The van der Waals surface area contributed by atoms with E-state index in [9.17, 15) is 5.11 Å². The van der Waals surface area contributed by atoms with Crippen molar-refractivity contribution in [2.75, 3.05) is 33.0 Å². The van der Waals surface area contributed by atoms with Gasteiger partial charge in [-0.2, -0.15) is 0 Å². The molecule has 104 valence electrons. The summed E-state index contributed by atoms with van der Waals surface area (Å²) >= 11 is 0. The van der Waals surface area contributed by atoms with Crippen molar-refractivity contribution in [1.29, 1.82) is 0 Å². The molecule has 0 aromatic carbocycles. The minimum absolute atomic E-state index is 0.0123. The molecule has 1 spiro atoms. The largest absolute Gasteiger partial charge is 0.392 e. The Hall–Kier alpha value is -0.160. The van der Waals surface area contributed by atoms with Crippen LogP contribution in [0, 0.1) is 11.8 Å². The zero-order valence-corrected chi connectivity index (χ0v) is 11.0. The van der Waals surface area contributed by atoms with Gasteiger partial charge in [-0.25, -0.2) is 0 Å². The van der Waals surface area contributed by atoms with Crippen LogP contribution < -0.4 is 0 Å². The molecule has 18 heavy (non-hydrogen) atoms. The molecule has 3 saturated heterocycles. The van der Waals surface area contributed by atoms with Crippen molar-refractivity contribution in [2.45, 2.75) is 43.8 Å². The van der Waals surface area contributed by atoms with Gasteiger partial charge in [0.25, 0.3) is 0 Å². The summed E-state index contributed by atoms with van der Waals surface area (Å²) in [6.45, 7) is 3.93. The lowest BCUT2D eigenvalue weighted by atomic mass is 9.76. The lowest BCUT2D eigenvalue weighted by Gasteiger charge is -2.45. The highest BCUT2D eigenvalue weighted by Gasteiger charge is 2.42. The van der Waals surface area contributed by atoms with Crippen molar-refractivity contribution < 1.29 is 19.3 Å². The van der Waals surface area contributed by atoms with Crippen LogP contribution in [0.25, 0.3) is 0 Å². The molecule has 0 radical (unpaired) electrons. The van der Waals surface area contributed by atoms with Gasteiger partial charge in [0.15, 0.2) is 0 Å². The molecule has 4 nitrogen and oxygen atoms in total. The monoisotopic (exact) mass is 256 g/mol. The third-order valence-corrected chi connectivity index (χ3v) is 4.87. The zero-order chi connectivity index (χ0) is 12.4. The summed E-state index contributed by atoms with van der Waals surface area (Å²) in [5.41, 5.74) is -0.0123. The molecule has 3 rings (SSSR count). The van der Waals surface area contributed by atoms with Crippen LogP contribution in [-0.4, -0.2) is 49.8 Å². The summed E-state index contributed by atoms with van der Waals surface area (Å²) in [4.78, 5) is 0. The van der Waals surface area contributed by atoms with Gasteiger partial charge in [-0.1, -0.05) is 0 Å². The molecule has 3 unspecified atom stereocenters. The second-order valence-electron chi connectivity index (χ2n) is 6.01. The van der Waals surface area contributed by atoms with Crippen LogP contribution in [0.4, 0.5) is 0 Å². The average molecular weight is 256 g/mol. The second-order valence-corrected chi connectivity index (χ2v) is 6.01. The van der Waals surface area contributed by atoms with E-state index in [1.807, 2.05) is 0 Å². The summed E-state index contributed by atoms with van der Waals surface area (Å²) in [7, 11) is 0. The molecule has 0 aromatic rings. The minimum atomic E-state index is -0.212. The van der Waals surface area contributed by atoms with Crippen molar-refractivity contribution in [1.82, 2.24) is 0 Å². The van der Waals surface area contributed by atoms with E-state index in [0.29, 0.717) is 11.8 Å². The number of hydrogen-bond acceptors (Lipinski definition) is 4. The Morgan fingerprint density at radius 1 is 0.944 bits per heavy atom. The molecule has 0 bridgehead atoms. The quantitative estimate of drug-likeness (QED) is 0.810. The lowest BCUT2D eigenvalue weighted by Crippen LogP contribution is -2.47. The van der Waals surface area contributed by atoms with E-state index < -0.39 is 0 Å². The fourth-order valence-electron chi connectivity index (χ4n) is 3.66. The number of aliphatic hydroxyl groups is 1. The molecule has 0 aromatic heterocycles. The van der Waals surface area contributed by atoms with Gasteiger partial charge in [0, 0.05) is 32.3 Å². The lowest BCUT2D eigenvalue weighted by molar-refractivity contribution is -0.162. The van der Waals surface area contributed by atoms with E-state index >= 15 is 0 Å². The Bertz CT molecular complexity index is 263. The maximum Gasteiger partial charge on any atom is 0.0730 e. The molecular weight excluding hydrogens is 232 g/mol. The topological polar surface area (TPSA) is 47.9 Å². The van der Waals surface area contributed by atoms with Gasteiger partial charge in [0.05, 0.1) is 18.3 Å². The van der Waals surface area contributed by atoms with E-state index in [4.69, 9.17) is 14.2 Å². The molecule has 1 N–H and O–H groups in total. The first-order valence-electron chi connectivity index (χ1n) is 7.27. The second kappa shape index (κ2) is 5.45. The summed E-state index contributed by atoms with van der Waals surface area (Å²) in [6.07, 6.45) is 4.74. The molecule has 3 aliphatic rings. The van der Waals surface area contributed by atoms with E-state index in [1.165, 1.54) is 0 Å². The van der Waals surface area contributed by atoms with Crippen molar-refractivity contribution in [3.8, 4) is 0 Å². The van der Waals surface area contributed by atoms with Crippen LogP contribution in [0.5, 0.6) is 0 Å². The van der Waals surface area contributed by atoms with Crippen LogP contribution >= 0.6 is 0 Å². The van der Waals surface area contributed by atoms with Gasteiger partial charge in [-0.15, -0.1) is 0 Å². The van der Waals surface area contributed by atoms with Crippen molar-refractivity contribution in [3.63, 3.8) is 0 Å². The first kappa shape index (κ1) is 12.9. The van der Waals surface area contributed by atoms with Crippen LogP contribution in [0.1, 0.15) is 32.1 Å². The van der Waals surface area contributed by atoms with Crippen molar-refractivity contribution in [3.05, 3.63) is 0 Å². The predicted molar refractivity (Wildman–Crippen MR) is 66.4 cm³/mol. The fourth-order valence-corrected chi connectivity index (χ4v) is 3.66. The van der Waals surface area contributed by atoms with Crippen molar-refractivity contribution >= 4 is 0 Å². The number of ether oxygens (including phenoxy) is 3. The molecular formula is C14H24O4. The van der Waals surface area contributed by atoms with Crippen LogP contribution in [-0.2, 0) is 14.2 Å². The highest BCUT2D eigenvalue weighted by atomic mass is 16.5. The molecule has 4 heteroatoms. The number of aliphatic hydroxyl groups excluding tert-OH is 1. The van der Waals surface area contributed by atoms with Gasteiger partial charge >= 0.3 is 0 Å². The maximum atomic E-state index is 10.5. The Morgan fingerprint density at radius 2 is 1.72 bits per heavy atom. The third-order valence-electron chi connectivity index (χ3n) is 4.87. The summed E-state index contributed by atoms with van der Waals surface area (Å²) in [5.74, 6) is 0.716. The summed E-state index contributed by atoms with van der Waals surface area (Å²) in [5, 5.41) is 10.5.